The van der Waals surface area contributed by atoms with Gasteiger partial charge in [0, 0.05) is 38.3 Å². The number of aromatic amines is 1. The standard InChI is InChI=1S/C31H40N6OSi/c1-31(2,3)39(4,5)38-28-13-9-12-27(22-28)29(25-14-16-26(17-15-25)30-32-34-35-33-30)37-20-18-36(19-21-37)23-24-10-7-6-8-11-24/h6-17,22,29H,18-21,23H2,1-5H3,(H,32,33,34,35). The van der Waals surface area contributed by atoms with Crippen LogP contribution in [0.2, 0.25) is 18.1 Å². The molecule has 0 spiro atoms. The summed E-state index contributed by atoms with van der Waals surface area (Å²) in [6, 6.07) is 28.2. The van der Waals surface area contributed by atoms with Gasteiger partial charge in [0.1, 0.15) is 5.75 Å². The Bertz CT molecular complexity index is 1330. The molecule has 0 amide bonds. The summed E-state index contributed by atoms with van der Waals surface area (Å²) in [7, 11) is -1.95. The average molecular weight is 541 g/mol. The first kappa shape index (κ1) is 27.2. The second-order valence-electron chi connectivity index (χ2n) is 12.0. The molecule has 1 atom stereocenters. The third-order valence-corrected chi connectivity index (χ3v) is 12.6. The van der Waals surface area contributed by atoms with Gasteiger partial charge in [-0.25, -0.2) is 0 Å². The topological polar surface area (TPSA) is 70.2 Å². The zero-order valence-electron chi connectivity index (χ0n) is 23.8. The average Bonchev–Trinajstić information content (AvgIpc) is 3.46. The van der Waals surface area contributed by atoms with Crippen molar-refractivity contribution in [2.24, 2.45) is 0 Å². The first-order valence-corrected chi connectivity index (χ1v) is 16.7. The molecule has 1 N–H and O–H groups in total. The summed E-state index contributed by atoms with van der Waals surface area (Å²) in [6.45, 7) is 16.5. The van der Waals surface area contributed by atoms with Gasteiger partial charge < -0.3 is 4.43 Å². The zero-order valence-corrected chi connectivity index (χ0v) is 24.8. The van der Waals surface area contributed by atoms with Crippen molar-refractivity contribution in [3.63, 3.8) is 0 Å². The molecule has 0 bridgehead atoms. The predicted molar refractivity (Wildman–Crippen MR) is 159 cm³/mol. The van der Waals surface area contributed by atoms with Crippen LogP contribution >= 0.6 is 0 Å². The first-order chi connectivity index (χ1) is 18.7. The maximum absolute atomic E-state index is 6.72. The molecule has 2 heterocycles. The predicted octanol–water partition coefficient (Wildman–Crippen LogP) is 6.16. The minimum atomic E-state index is -1.95. The largest absolute Gasteiger partial charge is 0.543 e. The molecule has 0 radical (unpaired) electrons. The van der Waals surface area contributed by atoms with Gasteiger partial charge in [0.15, 0.2) is 0 Å². The molecule has 1 aliphatic rings. The molecule has 1 aliphatic heterocycles. The molecule has 1 unspecified atom stereocenters. The number of piperazine rings is 1. The number of hydrogen-bond donors (Lipinski definition) is 1. The van der Waals surface area contributed by atoms with E-state index in [2.05, 4.69) is 143 Å². The number of benzene rings is 3. The SMILES string of the molecule is CC(C)(C)[Si](C)(C)Oc1cccc(C(c2ccc(-c3nn[nH]n3)cc2)N2CCN(Cc3ccccc3)CC2)c1. The minimum absolute atomic E-state index is 0.131. The molecule has 3 aromatic carbocycles. The number of nitrogens with zero attached hydrogens (tertiary/aromatic N) is 5. The maximum Gasteiger partial charge on any atom is 0.250 e. The minimum Gasteiger partial charge on any atom is -0.543 e. The molecular formula is C31H40N6OSi. The Balaban J connectivity index is 1.41. The maximum atomic E-state index is 6.72. The molecule has 5 rings (SSSR count). The molecule has 39 heavy (non-hydrogen) atoms. The second-order valence-corrected chi connectivity index (χ2v) is 16.7. The van der Waals surface area contributed by atoms with E-state index >= 15 is 0 Å². The van der Waals surface area contributed by atoms with Gasteiger partial charge >= 0.3 is 0 Å². The molecule has 1 fully saturated rings. The number of hydrogen-bond acceptors (Lipinski definition) is 6. The highest BCUT2D eigenvalue weighted by molar-refractivity contribution is 6.74. The molecule has 4 aromatic rings. The van der Waals surface area contributed by atoms with Crippen molar-refractivity contribution in [1.82, 2.24) is 30.4 Å². The Morgan fingerprint density at radius 1 is 0.872 bits per heavy atom. The Labute approximate surface area is 233 Å². The van der Waals surface area contributed by atoms with Gasteiger partial charge in [-0.1, -0.05) is 87.5 Å². The van der Waals surface area contributed by atoms with Crippen LogP contribution in [-0.4, -0.2) is 64.9 Å². The summed E-state index contributed by atoms with van der Waals surface area (Å²) in [5, 5.41) is 14.7. The Hall–Kier alpha value is -3.33. The van der Waals surface area contributed by atoms with Crippen LogP contribution in [0.15, 0.2) is 78.9 Å². The van der Waals surface area contributed by atoms with Crippen LogP contribution in [0.4, 0.5) is 0 Å². The summed E-state index contributed by atoms with van der Waals surface area (Å²) in [5.41, 5.74) is 4.84. The summed E-state index contributed by atoms with van der Waals surface area (Å²) in [6.07, 6.45) is 0. The van der Waals surface area contributed by atoms with Crippen molar-refractivity contribution in [3.05, 3.63) is 95.6 Å². The normalized spacial score (nSPS) is 16.2. The van der Waals surface area contributed by atoms with Crippen LogP contribution in [0, 0.1) is 0 Å². The highest BCUT2D eigenvalue weighted by atomic mass is 28.4. The van der Waals surface area contributed by atoms with E-state index in [0.717, 1.165) is 44.0 Å². The number of rotatable bonds is 8. The lowest BCUT2D eigenvalue weighted by Crippen LogP contribution is -2.47. The van der Waals surface area contributed by atoms with Crippen LogP contribution < -0.4 is 4.43 Å². The van der Waals surface area contributed by atoms with Gasteiger partial charge in [-0.15, -0.1) is 10.2 Å². The highest BCUT2D eigenvalue weighted by Crippen LogP contribution is 2.39. The molecule has 0 aliphatic carbocycles. The lowest BCUT2D eigenvalue weighted by atomic mass is 9.95. The van der Waals surface area contributed by atoms with Gasteiger partial charge in [-0.2, -0.15) is 5.21 Å². The fourth-order valence-electron chi connectivity index (χ4n) is 4.93. The number of aromatic nitrogens is 4. The molecule has 204 valence electrons. The van der Waals surface area contributed by atoms with E-state index < -0.39 is 8.32 Å². The lowest BCUT2D eigenvalue weighted by Gasteiger charge is -2.40. The van der Waals surface area contributed by atoms with Crippen molar-refractivity contribution < 1.29 is 4.43 Å². The van der Waals surface area contributed by atoms with Crippen LogP contribution in [0.25, 0.3) is 11.4 Å². The molecule has 8 heteroatoms. The summed E-state index contributed by atoms with van der Waals surface area (Å²) >= 11 is 0. The van der Waals surface area contributed by atoms with Crippen molar-refractivity contribution in [1.29, 1.82) is 0 Å². The number of nitrogens with one attached hydrogen (secondary N) is 1. The fraction of sp³-hybridized carbons (Fsp3) is 0.387. The van der Waals surface area contributed by atoms with Crippen molar-refractivity contribution in [2.75, 3.05) is 26.2 Å². The molecular weight excluding hydrogens is 500 g/mol. The molecule has 7 nitrogen and oxygen atoms in total. The van der Waals surface area contributed by atoms with Crippen LogP contribution in [0.5, 0.6) is 5.75 Å². The number of tetrazole rings is 1. The fourth-order valence-corrected chi connectivity index (χ4v) is 5.95. The summed E-state index contributed by atoms with van der Waals surface area (Å²) in [4.78, 5) is 5.16. The van der Waals surface area contributed by atoms with Crippen molar-refractivity contribution >= 4 is 8.32 Å². The molecule has 1 saturated heterocycles. The van der Waals surface area contributed by atoms with E-state index in [9.17, 15) is 0 Å². The van der Waals surface area contributed by atoms with E-state index in [1.165, 1.54) is 16.7 Å². The zero-order chi connectivity index (χ0) is 27.5. The van der Waals surface area contributed by atoms with Crippen LogP contribution in [0.3, 0.4) is 0 Å². The van der Waals surface area contributed by atoms with E-state index in [0.29, 0.717) is 5.82 Å². The Kier molecular flexibility index (Phi) is 7.97. The third kappa shape index (κ3) is 6.46. The Morgan fingerprint density at radius 3 is 2.23 bits per heavy atom. The van der Waals surface area contributed by atoms with Crippen LogP contribution in [0.1, 0.15) is 43.5 Å². The van der Waals surface area contributed by atoms with Crippen molar-refractivity contribution in [2.45, 2.75) is 51.5 Å². The van der Waals surface area contributed by atoms with E-state index in [1.807, 2.05) is 0 Å². The van der Waals surface area contributed by atoms with E-state index in [1.54, 1.807) is 0 Å². The smallest absolute Gasteiger partial charge is 0.250 e. The molecule has 0 saturated carbocycles. The van der Waals surface area contributed by atoms with Gasteiger partial charge in [0.25, 0.3) is 0 Å². The third-order valence-electron chi connectivity index (χ3n) is 8.20. The summed E-state index contributed by atoms with van der Waals surface area (Å²) in [5.74, 6) is 1.58. The van der Waals surface area contributed by atoms with Crippen LogP contribution in [-0.2, 0) is 6.54 Å². The summed E-state index contributed by atoms with van der Waals surface area (Å²) < 4.78 is 6.72. The first-order valence-electron chi connectivity index (χ1n) is 13.8. The van der Waals surface area contributed by atoms with Gasteiger partial charge in [0.2, 0.25) is 14.1 Å². The highest BCUT2D eigenvalue weighted by Gasteiger charge is 2.39. The quantitative estimate of drug-likeness (QED) is 0.270. The van der Waals surface area contributed by atoms with Crippen molar-refractivity contribution in [3.8, 4) is 17.1 Å². The van der Waals surface area contributed by atoms with Gasteiger partial charge in [-0.05, 0) is 52.2 Å². The van der Waals surface area contributed by atoms with E-state index in [-0.39, 0.29) is 11.1 Å². The number of H-pyrrole nitrogens is 1. The lowest BCUT2D eigenvalue weighted by molar-refractivity contribution is 0.105. The monoisotopic (exact) mass is 540 g/mol. The molecule has 1 aromatic heterocycles. The van der Waals surface area contributed by atoms with Gasteiger partial charge in [0.05, 0.1) is 6.04 Å². The second kappa shape index (κ2) is 11.4. The van der Waals surface area contributed by atoms with Gasteiger partial charge in [-0.3, -0.25) is 9.80 Å². The Morgan fingerprint density at radius 2 is 1.59 bits per heavy atom. The van der Waals surface area contributed by atoms with E-state index in [4.69, 9.17) is 4.43 Å².